The van der Waals surface area contributed by atoms with Crippen LogP contribution in [-0.4, -0.2) is 24.7 Å². The molecule has 3 heterocycles. The first-order chi connectivity index (χ1) is 15.9. The van der Waals surface area contributed by atoms with Gasteiger partial charge in [-0.3, -0.25) is 9.36 Å². The van der Waals surface area contributed by atoms with Gasteiger partial charge in [-0.2, -0.15) is 0 Å². The molecule has 2 aromatic carbocycles. The maximum Gasteiger partial charge on any atom is 0.259 e. The van der Waals surface area contributed by atoms with Crippen molar-refractivity contribution in [3.05, 3.63) is 85.7 Å². The van der Waals surface area contributed by atoms with E-state index in [4.69, 9.17) is 16.6 Å². The fourth-order valence-electron chi connectivity index (χ4n) is 3.68. The second-order valence-electron chi connectivity index (χ2n) is 7.70. The van der Waals surface area contributed by atoms with Crippen molar-refractivity contribution in [2.45, 2.75) is 31.7 Å². The van der Waals surface area contributed by atoms with Crippen molar-refractivity contribution in [2.75, 3.05) is 0 Å². The molecule has 0 atom stereocenters. The van der Waals surface area contributed by atoms with E-state index >= 15 is 0 Å². The lowest BCUT2D eigenvalue weighted by molar-refractivity contribution is 0.878. The third-order valence-corrected chi connectivity index (χ3v) is 7.81. The number of H-pyrrole nitrogens is 1. The van der Waals surface area contributed by atoms with Crippen molar-refractivity contribution in [3.8, 4) is 17.1 Å². The van der Waals surface area contributed by atoms with Gasteiger partial charge in [-0.1, -0.05) is 41.6 Å². The molecular weight excluding hydrogens is 474 g/mol. The predicted molar refractivity (Wildman–Crippen MR) is 136 cm³/mol. The van der Waals surface area contributed by atoms with E-state index in [1.807, 2.05) is 60.9 Å². The summed E-state index contributed by atoms with van der Waals surface area (Å²) in [6.45, 7) is 6.03. The molecule has 166 valence electrons. The highest BCUT2D eigenvalue weighted by Gasteiger charge is 2.19. The lowest BCUT2D eigenvalue weighted by atomic mass is 10.1. The molecule has 0 saturated heterocycles. The fraction of sp³-hybridized carbons (Fsp3) is 0.167. The number of rotatable bonds is 5. The van der Waals surface area contributed by atoms with E-state index in [0.717, 1.165) is 43.1 Å². The van der Waals surface area contributed by atoms with Crippen LogP contribution in [0.1, 0.15) is 21.8 Å². The smallest absolute Gasteiger partial charge is 0.259 e. The molecule has 0 unspecified atom stereocenters. The van der Waals surface area contributed by atoms with Crippen LogP contribution in [0.5, 0.6) is 0 Å². The van der Waals surface area contributed by atoms with Crippen LogP contribution < -0.4 is 5.56 Å². The SMILES string of the molecule is Cc1ccccc1-n1c(SCc2nc3sc(C)c(C)c3c(=O)[nH]2)nnc1-c1ccc(Cl)cc1. The second-order valence-corrected chi connectivity index (χ2v) is 10.3. The first-order valence-corrected chi connectivity index (χ1v) is 12.5. The fourth-order valence-corrected chi connectivity index (χ4v) is 5.67. The van der Waals surface area contributed by atoms with Crippen molar-refractivity contribution in [1.82, 2.24) is 24.7 Å². The Kier molecular flexibility index (Phi) is 5.82. The monoisotopic (exact) mass is 493 g/mol. The lowest BCUT2D eigenvalue weighted by Gasteiger charge is -2.13. The molecule has 9 heteroatoms. The van der Waals surface area contributed by atoms with Gasteiger partial charge in [0, 0.05) is 15.5 Å². The number of thiophene rings is 1. The Labute approximate surface area is 203 Å². The third kappa shape index (κ3) is 4.10. The Morgan fingerprint density at radius 2 is 1.82 bits per heavy atom. The van der Waals surface area contributed by atoms with Crippen LogP contribution in [0.15, 0.2) is 58.5 Å². The molecule has 0 aliphatic carbocycles. The summed E-state index contributed by atoms with van der Waals surface area (Å²) < 4.78 is 2.04. The second kappa shape index (κ2) is 8.78. The molecule has 0 aliphatic rings. The molecule has 6 nitrogen and oxygen atoms in total. The van der Waals surface area contributed by atoms with E-state index < -0.39 is 0 Å². The van der Waals surface area contributed by atoms with Crippen molar-refractivity contribution in [2.24, 2.45) is 0 Å². The number of hydrogen-bond acceptors (Lipinski definition) is 6. The Morgan fingerprint density at radius 3 is 2.58 bits per heavy atom. The average molecular weight is 494 g/mol. The maximum absolute atomic E-state index is 12.7. The first kappa shape index (κ1) is 21.9. The highest BCUT2D eigenvalue weighted by atomic mass is 35.5. The summed E-state index contributed by atoms with van der Waals surface area (Å²) in [5.41, 5.74) is 3.91. The van der Waals surface area contributed by atoms with Gasteiger partial charge in [-0.15, -0.1) is 21.5 Å². The zero-order valence-corrected chi connectivity index (χ0v) is 20.6. The molecule has 33 heavy (non-hydrogen) atoms. The van der Waals surface area contributed by atoms with Crippen molar-refractivity contribution in [1.29, 1.82) is 0 Å². The molecule has 0 amide bonds. The summed E-state index contributed by atoms with van der Waals surface area (Å²) in [6.07, 6.45) is 0. The topological polar surface area (TPSA) is 76.5 Å². The number of aryl methyl sites for hydroxylation is 3. The number of aromatic amines is 1. The van der Waals surface area contributed by atoms with E-state index in [9.17, 15) is 4.79 Å². The zero-order valence-electron chi connectivity index (χ0n) is 18.2. The Morgan fingerprint density at radius 1 is 1.06 bits per heavy atom. The minimum absolute atomic E-state index is 0.0975. The number of hydrogen-bond donors (Lipinski definition) is 1. The molecule has 5 aromatic rings. The van der Waals surface area contributed by atoms with Gasteiger partial charge in [0.15, 0.2) is 11.0 Å². The number of nitrogens with one attached hydrogen (secondary N) is 1. The Bertz CT molecular complexity index is 1540. The van der Waals surface area contributed by atoms with Gasteiger partial charge in [0.1, 0.15) is 10.7 Å². The van der Waals surface area contributed by atoms with Gasteiger partial charge in [-0.05, 0) is 62.2 Å². The van der Waals surface area contributed by atoms with Gasteiger partial charge < -0.3 is 4.98 Å². The largest absolute Gasteiger partial charge is 0.309 e. The van der Waals surface area contributed by atoms with Gasteiger partial charge in [0.25, 0.3) is 5.56 Å². The maximum atomic E-state index is 12.7. The third-order valence-electron chi connectivity index (χ3n) is 5.52. The van der Waals surface area contributed by atoms with Crippen LogP contribution in [0.2, 0.25) is 5.02 Å². The number of thioether (sulfide) groups is 1. The van der Waals surface area contributed by atoms with Crippen LogP contribution in [0.25, 0.3) is 27.3 Å². The Hall–Kier alpha value is -2.94. The minimum Gasteiger partial charge on any atom is -0.309 e. The molecule has 5 rings (SSSR count). The lowest BCUT2D eigenvalue weighted by Crippen LogP contribution is -2.11. The van der Waals surface area contributed by atoms with E-state index in [-0.39, 0.29) is 5.56 Å². The molecule has 0 fully saturated rings. The molecule has 0 aliphatic heterocycles. The van der Waals surface area contributed by atoms with Crippen LogP contribution >= 0.6 is 34.7 Å². The molecule has 0 radical (unpaired) electrons. The van der Waals surface area contributed by atoms with E-state index in [1.165, 1.54) is 11.8 Å². The quantitative estimate of drug-likeness (QED) is 0.299. The van der Waals surface area contributed by atoms with E-state index in [2.05, 4.69) is 28.2 Å². The highest BCUT2D eigenvalue weighted by molar-refractivity contribution is 7.98. The van der Waals surface area contributed by atoms with Crippen LogP contribution in [-0.2, 0) is 5.75 Å². The van der Waals surface area contributed by atoms with Crippen molar-refractivity contribution in [3.63, 3.8) is 0 Å². The predicted octanol–water partition coefficient (Wildman–Crippen LogP) is 6.10. The highest BCUT2D eigenvalue weighted by Crippen LogP contribution is 2.32. The number of halogens is 1. The molecule has 3 aromatic heterocycles. The molecule has 1 N–H and O–H groups in total. The Balaban J connectivity index is 1.55. The average Bonchev–Trinajstić information content (AvgIpc) is 3.34. The summed E-state index contributed by atoms with van der Waals surface area (Å²) in [7, 11) is 0. The standard InChI is InChI=1S/C24H20ClN5OS2/c1-13-6-4-5-7-18(13)30-21(16-8-10-17(25)11-9-16)28-29-24(30)32-12-19-26-22(31)20-14(2)15(3)33-23(20)27-19/h4-11H,12H2,1-3H3,(H,26,27,31). The summed E-state index contributed by atoms with van der Waals surface area (Å²) in [6, 6.07) is 15.7. The summed E-state index contributed by atoms with van der Waals surface area (Å²) >= 11 is 9.12. The zero-order chi connectivity index (χ0) is 23.1. The first-order valence-electron chi connectivity index (χ1n) is 10.3. The molecular formula is C24H20ClN5OS2. The van der Waals surface area contributed by atoms with Gasteiger partial charge in [0.05, 0.1) is 16.8 Å². The van der Waals surface area contributed by atoms with Crippen molar-refractivity contribution < 1.29 is 0 Å². The number of aromatic nitrogens is 5. The molecule has 0 saturated carbocycles. The summed E-state index contributed by atoms with van der Waals surface area (Å²) in [5.74, 6) is 1.81. The van der Waals surface area contributed by atoms with Gasteiger partial charge in [0.2, 0.25) is 0 Å². The number of nitrogens with zero attached hydrogens (tertiary/aromatic N) is 4. The van der Waals surface area contributed by atoms with Crippen LogP contribution in [0, 0.1) is 20.8 Å². The van der Waals surface area contributed by atoms with Crippen LogP contribution in [0.3, 0.4) is 0 Å². The van der Waals surface area contributed by atoms with E-state index in [1.54, 1.807) is 11.3 Å². The van der Waals surface area contributed by atoms with Crippen molar-refractivity contribution >= 4 is 44.9 Å². The van der Waals surface area contributed by atoms with E-state index in [0.29, 0.717) is 22.0 Å². The van der Waals surface area contributed by atoms with Crippen LogP contribution in [0.4, 0.5) is 0 Å². The normalized spacial score (nSPS) is 11.4. The number of fused-ring (bicyclic) bond motifs is 1. The van der Waals surface area contributed by atoms with Gasteiger partial charge in [-0.25, -0.2) is 4.98 Å². The summed E-state index contributed by atoms with van der Waals surface area (Å²) in [5, 5.41) is 11.0. The molecule has 0 spiro atoms. The summed E-state index contributed by atoms with van der Waals surface area (Å²) in [4.78, 5) is 22.2. The number of benzene rings is 2. The number of para-hydroxylation sites is 1. The van der Waals surface area contributed by atoms with Gasteiger partial charge >= 0.3 is 0 Å². The molecule has 0 bridgehead atoms. The minimum atomic E-state index is -0.0975.